The fourth-order valence-electron chi connectivity index (χ4n) is 3.10. The van der Waals surface area contributed by atoms with Crippen molar-refractivity contribution in [3.63, 3.8) is 0 Å². The summed E-state index contributed by atoms with van der Waals surface area (Å²) in [5.74, 6) is -0.626. The van der Waals surface area contributed by atoms with E-state index in [0.717, 1.165) is 19.3 Å². The van der Waals surface area contributed by atoms with Crippen molar-refractivity contribution in [3.8, 4) is 5.75 Å². The summed E-state index contributed by atoms with van der Waals surface area (Å²) in [7, 11) is -2.61. The van der Waals surface area contributed by atoms with Crippen LogP contribution in [-0.4, -0.2) is 38.2 Å². The third-order valence-corrected chi connectivity index (χ3v) is 4.18. The summed E-state index contributed by atoms with van der Waals surface area (Å²) in [4.78, 5) is -0.559. The molecule has 1 unspecified atom stereocenters. The van der Waals surface area contributed by atoms with Crippen LogP contribution in [0.4, 0.5) is 0 Å². The first-order chi connectivity index (χ1) is 13.1. The number of halogens is 1. The van der Waals surface area contributed by atoms with Gasteiger partial charge in [-0.05, 0) is 30.5 Å². The van der Waals surface area contributed by atoms with Crippen molar-refractivity contribution >= 4 is 0 Å². The fraction of sp³-hybridized carbons (Fsp3) is 0.647. The van der Waals surface area contributed by atoms with Gasteiger partial charge in [0.1, 0.15) is 5.75 Å². The van der Waals surface area contributed by atoms with Crippen LogP contribution in [0.3, 0.4) is 0 Å². The van der Waals surface area contributed by atoms with E-state index in [1.807, 2.05) is 0 Å². The molecule has 1 aliphatic rings. The Labute approximate surface area is 147 Å². The molecule has 21 heavy (non-hydrogen) atoms. The van der Waals surface area contributed by atoms with Gasteiger partial charge in [0.05, 0.1) is 51.4 Å². The third-order valence-electron chi connectivity index (χ3n) is 4.18. The lowest BCUT2D eigenvalue weighted by Crippen LogP contribution is -3.06. The van der Waals surface area contributed by atoms with Crippen molar-refractivity contribution in [2.75, 3.05) is 27.5 Å². The van der Waals surface area contributed by atoms with Gasteiger partial charge in [-0.3, -0.25) is 0 Å². The second-order valence-corrected chi connectivity index (χ2v) is 5.57. The van der Waals surface area contributed by atoms with Gasteiger partial charge in [0.25, 0.3) is 0 Å². The van der Waals surface area contributed by atoms with Crippen LogP contribution in [0, 0.1) is 0 Å². The Morgan fingerprint density at radius 2 is 1.90 bits per heavy atom. The van der Waals surface area contributed by atoms with E-state index in [-0.39, 0.29) is 24.7 Å². The molecule has 3 nitrogen and oxygen atoms in total. The molecule has 1 atom stereocenters. The molecule has 0 aliphatic heterocycles. The summed E-state index contributed by atoms with van der Waals surface area (Å²) in [6, 6.07) is 6.00. The minimum absolute atomic E-state index is 0. The second kappa shape index (κ2) is 8.02. The smallest absolute Gasteiger partial charge is 0.118 e. The molecule has 1 aromatic rings. The fourth-order valence-corrected chi connectivity index (χ4v) is 3.10. The highest BCUT2D eigenvalue weighted by molar-refractivity contribution is 5.31. The molecule has 0 spiro atoms. The van der Waals surface area contributed by atoms with Gasteiger partial charge >= 0.3 is 0 Å². The lowest BCUT2D eigenvalue weighted by atomic mass is 9.72. The van der Waals surface area contributed by atoms with Crippen LogP contribution in [-0.2, 0) is 0 Å². The Balaban J connectivity index is 0.00000450. The molecule has 2 N–H and O–H groups in total. The summed E-state index contributed by atoms with van der Waals surface area (Å²) in [5.41, 5.74) is -0.676. The number of nitrogens with one attached hydrogen (secondary N) is 1. The number of hydrogen-bond acceptors (Lipinski definition) is 2. The minimum atomic E-state index is -2.78. The van der Waals surface area contributed by atoms with Gasteiger partial charge in [-0.15, -0.1) is 0 Å². The monoisotopic (exact) mass is 322 g/mol. The van der Waals surface area contributed by atoms with Crippen molar-refractivity contribution in [2.24, 2.45) is 0 Å². The molecule has 1 fully saturated rings. The maximum absolute atomic E-state index is 11.3. The Bertz CT molecular complexity index is 654. The molecule has 0 aromatic heterocycles. The molecule has 0 heterocycles. The van der Waals surface area contributed by atoms with Crippen molar-refractivity contribution in [2.45, 2.75) is 43.6 Å². The number of hydrogen-bond donors (Lipinski definition) is 2. The van der Waals surface area contributed by atoms with E-state index in [4.69, 9.17) is 17.1 Å². The number of quaternary nitrogens is 1. The van der Waals surface area contributed by atoms with E-state index in [1.54, 1.807) is 12.1 Å². The molecule has 0 saturated heterocycles. The van der Waals surface area contributed by atoms with E-state index in [0.29, 0.717) is 18.4 Å². The van der Waals surface area contributed by atoms with Gasteiger partial charge in [-0.1, -0.05) is 31.4 Å². The molecule has 4 heteroatoms. The molecule has 0 radical (unpaired) electrons. The van der Waals surface area contributed by atoms with Gasteiger partial charge in [0.15, 0.2) is 0 Å². The summed E-state index contributed by atoms with van der Waals surface area (Å²) in [6.07, 6.45) is 3.38. The molecule has 1 saturated carbocycles. The van der Waals surface area contributed by atoms with Crippen LogP contribution in [0.1, 0.15) is 55.9 Å². The van der Waals surface area contributed by atoms with Crippen LogP contribution >= 0.6 is 0 Å². The molecule has 1 aromatic carbocycles. The molecule has 120 valence electrons. The quantitative estimate of drug-likeness (QED) is 0.701. The minimum Gasteiger partial charge on any atom is -1.00 e. The van der Waals surface area contributed by atoms with E-state index in [9.17, 15) is 5.11 Å². The van der Waals surface area contributed by atoms with Crippen LogP contribution in [0.2, 0.25) is 0 Å². The van der Waals surface area contributed by atoms with E-state index in [2.05, 4.69) is 0 Å². The number of likely N-dealkylation sites (N-methyl/N-ethyl adjacent to an activating group) is 1. The maximum Gasteiger partial charge on any atom is 0.118 e. The lowest BCUT2D eigenvalue weighted by molar-refractivity contribution is -0.860. The number of benzene rings is 1. The van der Waals surface area contributed by atoms with Gasteiger partial charge in [0.2, 0.25) is 0 Å². The zero-order valence-electron chi connectivity index (χ0n) is 20.9. The van der Waals surface area contributed by atoms with Crippen molar-refractivity contribution in [3.05, 3.63) is 29.8 Å². The Hall–Kier alpha value is -0.770. The SMILES string of the molecule is [2H]C([2H])([2H])Oc1ccc(C(C[NH+](C([2H])([2H])[2H])C([2H])([2H])[2H])C2(O)CCCCC2)cc1.[Cl-]. The van der Waals surface area contributed by atoms with Crippen molar-refractivity contribution in [1.82, 2.24) is 0 Å². The number of rotatable bonds is 5. The summed E-state index contributed by atoms with van der Waals surface area (Å²) in [5, 5.41) is 11.3. The molecule has 2 rings (SSSR count). The van der Waals surface area contributed by atoms with Crippen LogP contribution in [0.25, 0.3) is 0 Å². The normalized spacial score (nSPS) is 27.0. The second-order valence-electron chi connectivity index (χ2n) is 5.57. The zero-order valence-corrected chi connectivity index (χ0v) is 12.6. The largest absolute Gasteiger partial charge is 1.00 e. The third kappa shape index (κ3) is 4.60. The van der Waals surface area contributed by atoms with Gasteiger partial charge < -0.3 is 27.2 Å². The first-order valence-corrected chi connectivity index (χ1v) is 7.00. The number of methoxy groups -OCH3 is 1. The first-order valence-electron chi connectivity index (χ1n) is 11.5. The van der Waals surface area contributed by atoms with Crippen molar-refractivity contribution < 1.29 is 39.5 Å². The van der Waals surface area contributed by atoms with E-state index in [1.165, 1.54) is 12.1 Å². The van der Waals surface area contributed by atoms with Crippen molar-refractivity contribution in [1.29, 1.82) is 0 Å². The average molecular weight is 323 g/mol. The number of ether oxygens (including phenoxy) is 1. The Morgan fingerprint density at radius 1 is 1.24 bits per heavy atom. The van der Waals surface area contributed by atoms with Gasteiger partial charge in [0, 0.05) is 0 Å². The summed E-state index contributed by atoms with van der Waals surface area (Å²) >= 11 is 0. The number of aliphatic hydroxyl groups is 1. The highest BCUT2D eigenvalue weighted by Crippen LogP contribution is 2.39. The Kier molecular flexibility index (Phi) is 3.34. The maximum atomic E-state index is 11.3. The first kappa shape index (κ1) is 8.76. The Morgan fingerprint density at radius 3 is 2.48 bits per heavy atom. The molecular weight excluding hydrogens is 286 g/mol. The topological polar surface area (TPSA) is 33.9 Å². The molecule has 1 aliphatic carbocycles. The predicted octanol–water partition coefficient (Wildman–Crippen LogP) is -1.38. The van der Waals surface area contributed by atoms with Gasteiger partial charge in [-0.25, -0.2) is 0 Å². The van der Waals surface area contributed by atoms with Crippen LogP contribution < -0.4 is 22.0 Å². The zero-order chi connectivity index (χ0) is 22.1. The highest BCUT2D eigenvalue weighted by Gasteiger charge is 2.40. The van der Waals surface area contributed by atoms with Gasteiger partial charge in [-0.2, -0.15) is 0 Å². The average Bonchev–Trinajstić information content (AvgIpc) is 2.53. The lowest BCUT2D eigenvalue weighted by Gasteiger charge is -2.39. The molecular formula is C17H28ClNO2. The highest BCUT2D eigenvalue weighted by atomic mass is 35.5. The summed E-state index contributed by atoms with van der Waals surface area (Å²) < 4.78 is 72.5. The predicted molar refractivity (Wildman–Crippen MR) is 81.4 cm³/mol. The standard InChI is InChI=1S/C17H27NO2.ClH/c1-18(2)13-16(17(19)11-5-4-6-12-17)14-7-9-15(20-3)10-8-14;/h7-10,16,19H,4-6,11-13H2,1-3H3;1H/i1D3,2D3,3D3;. The molecule has 0 bridgehead atoms. The van der Waals surface area contributed by atoms with Crippen LogP contribution in [0.15, 0.2) is 24.3 Å². The summed E-state index contributed by atoms with van der Waals surface area (Å²) in [6.45, 7) is -5.86. The van der Waals surface area contributed by atoms with E-state index < -0.39 is 37.4 Å². The van der Waals surface area contributed by atoms with E-state index >= 15 is 0 Å². The molecule has 0 amide bonds. The van der Waals surface area contributed by atoms with Crippen LogP contribution in [0.5, 0.6) is 5.75 Å².